The molecule has 10 heteroatoms. The van der Waals surface area contributed by atoms with Crippen molar-refractivity contribution in [1.29, 1.82) is 0 Å². The Balaban J connectivity index is 2.07. The number of hydrogen-bond acceptors (Lipinski definition) is 6. The highest BCUT2D eigenvalue weighted by Gasteiger charge is 2.33. The lowest BCUT2D eigenvalue weighted by atomic mass is 10.0. The molecule has 0 fully saturated rings. The van der Waals surface area contributed by atoms with E-state index in [0.717, 1.165) is 27.3 Å². The average molecular weight is 582 g/mol. The van der Waals surface area contributed by atoms with Gasteiger partial charge in [0.05, 0.1) is 26.2 Å². The predicted molar refractivity (Wildman–Crippen MR) is 161 cm³/mol. The third kappa shape index (κ3) is 8.72. The van der Waals surface area contributed by atoms with E-state index >= 15 is 0 Å². The molecule has 0 bridgehead atoms. The molecule has 1 atom stereocenters. The number of methoxy groups -OCH3 is 2. The van der Waals surface area contributed by atoms with E-state index in [1.807, 2.05) is 75.4 Å². The van der Waals surface area contributed by atoms with Crippen molar-refractivity contribution in [3.05, 3.63) is 89.5 Å². The van der Waals surface area contributed by atoms with Crippen LogP contribution in [0.25, 0.3) is 0 Å². The molecular formula is C31H39N3O6S. The molecule has 0 saturated carbocycles. The van der Waals surface area contributed by atoms with Crippen LogP contribution in [-0.4, -0.2) is 64.2 Å². The molecule has 0 radical (unpaired) electrons. The number of amides is 2. The molecule has 9 nitrogen and oxygen atoms in total. The van der Waals surface area contributed by atoms with Gasteiger partial charge in [0.25, 0.3) is 0 Å². The van der Waals surface area contributed by atoms with Crippen molar-refractivity contribution >= 4 is 27.5 Å². The summed E-state index contributed by atoms with van der Waals surface area (Å²) in [6, 6.07) is 20.7. The standard InChI is InChI=1S/C31H39N3O6S/c1-22(2)32-31(36)27(18-24-10-8-7-9-11-24)33(20-25-14-12-23(3)13-15-25)30(35)21-34(41(6,37)38)26-16-17-28(39-4)29(19-26)40-5/h7-17,19,22,27H,18,20-21H2,1-6H3,(H,32,36)/t27-/m1/s1. The summed E-state index contributed by atoms with van der Waals surface area (Å²) in [5.74, 6) is -0.0989. The number of sulfonamides is 1. The summed E-state index contributed by atoms with van der Waals surface area (Å²) in [7, 11) is -0.978. The molecule has 41 heavy (non-hydrogen) atoms. The number of hydrogen-bond donors (Lipinski definition) is 1. The predicted octanol–water partition coefficient (Wildman–Crippen LogP) is 3.94. The van der Waals surface area contributed by atoms with Gasteiger partial charge >= 0.3 is 0 Å². The number of nitrogens with zero attached hydrogens (tertiary/aromatic N) is 2. The SMILES string of the molecule is COc1ccc(N(CC(=O)N(Cc2ccc(C)cc2)[C@H](Cc2ccccc2)C(=O)NC(C)C)S(C)(=O)=O)cc1OC. The molecule has 0 aliphatic carbocycles. The molecule has 3 rings (SSSR count). The quantitative estimate of drug-likeness (QED) is 0.328. The highest BCUT2D eigenvalue weighted by molar-refractivity contribution is 7.92. The highest BCUT2D eigenvalue weighted by Crippen LogP contribution is 2.32. The first-order valence-electron chi connectivity index (χ1n) is 13.3. The first-order valence-corrected chi connectivity index (χ1v) is 15.2. The Morgan fingerprint density at radius 2 is 1.51 bits per heavy atom. The zero-order chi connectivity index (χ0) is 30.2. The van der Waals surface area contributed by atoms with Gasteiger partial charge in [0, 0.05) is 25.1 Å². The normalized spacial score (nSPS) is 12.0. The smallest absolute Gasteiger partial charge is 0.244 e. The molecule has 3 aromatic rings. The highest BCUT2D eigenvalue weighted by atomic mass is 32.2. The molecule has 0 heterocycles. The first kappa shape index (κ1) is 31.5. The maximum Gasteiger partial charge on any atom is 0.244 e. The summed E-state index contributed by atoms with van der Waals surface area (Å²) in [6.07, 6.45) is 1.29. The molecule has 3 aromatic carbocycles. The van der Waals surface area contributed by atoms with Crippen LogP contribution in [0.4, 0.5) is 5.69 Å². The molecule has 0 unspecified atom stereocenters. The van der Waals surface area contributed by atoms with Crippen molar-refractivity contribution in [1.82, 2.24) is 10.2 Å². The minimum atomic E-state index is -3.90. The lowest BCUT2D eigenvalue weighted by Crippen LogP contribution is -2.54. The van der Waals surface area contributed by atoms with Crippen molar-refractivity contribution in [2.75, 3.05) is 31.3 Å². The summed E-state index contributed by atoms with van der Waals surface area (Å²) in [6.45, 7) is 5.28. The number of benzene rings is 3. The Bertz CT molecular complexity index is 1430. The van der Waals surface area contributed by atoms with E-state index in [4.69, 9.17) is 9.47 Å². The molecule has 0 aliphatic rings. The van der Waals surface area contributed by atoms with Gasteiger partial charge in [-0.1, -0.05) is 60.2 Å². The third-order valence-electron chi connectivity index (χ3n) is 6.51. The number of nitrogens with one attached hydrogen (secondary N) is 1. The Morgan fingerprint density at radius 3 is 2.07 bits per heavy atom. The number of ether oxygens (including phenoxy) is 2. The van der Waals surface area contributed by atoms with Gasteiger partial charge in [-0.25, -0.2) is 8.42 Å². The lowest BCUT2D eigenvalue weighted by molar-refractivity contribution is -0.140. The van der Waals surface area contributed by atoms with Crippen molar-refractivity contribution in [3.8, 4) is 11.5 Å². The van der Waals surface area contributed by atoms with E-state index in [0.29, 0.717) is 11.5 Å². The molecule has 0 saturated heterocycles. The maximum atomic E-state index is 14.1. The first-order chi connectivity index (χ1) is 19.4. The van der Waals surface area contributed by atoms with Crippen molar-refractivity contribution in [3.63, 3.8) is 0 Å². The van der Waals surface area contributed by atoms with Crippen LogP contribution >= 0.6 is 0 Å². The summed E-state index contributed by atoms with van der Waals surface area (Å²) in [5.41, 5.74) is 2.98. The monoisotopic (exact) mass is 581 g/mol. The summed E-state index contributed by atoms with van der Waals surface area (Å²) in [5, 5.41) is 2.94. The molecule has 0 spiro atoms. The second-order valence-electron chi connectivity index (χ2n) is 10.2. The van der Waals surface area contributed by atoms with Crippen molar-refractivity contribution in [2.24, 2.45) is 0 Å². The van der Waals surface area contributed by atoms with Gasteiger partial charge in [0.1, 0.15) is 12.6 Å². The van der Waals surface area contributed by atoms with Crippen molar-refractivity contribution in [2.45, 2.75) is 45.8 Å². The summed E-state index contributed by atoms with van der Waals surface area (Å²) >= 11 is 0. The van der Waals surface area contributed by atoms with Gasteiger partial charge in [-0.05, 0) is 44.0 Å². The number of rotatable bonds is 13. The van der Waals surface area contributed by atoms with Crippen LogP contribution in [0.5, 0.6) is 11.5 Å². The third-order valence-corrected chi connectivity index (χ3v) is 7.65. The Labute approximate surface area is 243 Å². The molecule has 220 valence electrons. The fourth-order valence-corrected chi connectivity index (χ4v) is 5.26. The molecule has 0 aromatic heterocycles. The Hall–Kier alpha value is -4.05. The van der Waals surface area contributed by atoms with Crippen molar-refractivity contribution < 1.29 is 27.5 Å². The van der Waals surface area contributed by atoms with Gasteiger partial charge < -0.3 is 19.7 Å². The van der Waals surface area contributed by atoms with E-state index in [1.165, 1.54) is 25.2 Å². The zero-order valence-corrected chi connectivity index (χ0v) is 25.3. The van der Waals surface area contributed by atoms with Crippen LogP contribution < -0.4 is 19.1 Å². The summed E-state index contributed by atoms with van der Waals surface area (Å²) < 4.78 is 37.6. The van der Waals surface area contributed by atoms with E-state index in [2.05, 4.69) is 5.32 Å². The van der Waals surface area contributed by atoms with Crippen LogP contribution in [0, 0.1) is 6.92 Å². The van der Waals surface area contributed by atoms with Gasteiger partial charge in [-0.15, -0.1) is 0 Å². The zero-order valence-electron chi connectivity index (χ0n) is 24.5. The van der Waals surface area contributed by atoms with Gasteiger partial charge in [0.15, 0.2) is 11.5 Å². The lowest BCUT2D eigenvalue weighted by Gasteiger charge is -2.34. The fraction of sp³-hybridized carbons (Fsp3) is 0.355. The van der Waals surface area contributed by atoms with Crippen LogP contribution in [0.2, 0.25) is 0 Å². The molecule has 2 amide bonds. The fourth-order valence-electron chi connectivity index (χ4n) is 4.42. The minimum absolute atomic E-state index is 0.117. The summed E-state index contributed by atoms with van der Waals surface area (Å²) in [4.78, 5) is 29.2. The molecular weight excluding hydrogens is 542 g/mol. The van der Waals surface area contributed by atoms with E-state index in [9.17, 15) is 18.0 Å². The Kier molecular flexibility index (Phi) is 10.8. The second-order valence-corrected chi connectivity index (χ2v) is 12.1. The Morgan fingerprint density at radius 1 is 0.878 bits per heavy atom. The number of carbonyl (C=O) groups excluding carboxylic acids is 2. The van der Waals surface area contributed by atoms with Gasteiger partial charge in [-0.3, -0.25) is 13.9 Å². The topological polar surface area (TPSA) is 105 Å². The van der Waals surface area contributed by atoms with E-state index in [-0.39, 0.29) is 30.6 Å². The molecule has 1 N–H and O–H groups in total. The molecule has 0 aliphatic heterocycles. The van der Waals surface area contributed by atoms with E-state index in [1.54, 1.807) is 12.1 Å². The maximum absolute atomic E-state index is 14.1. The second kappa shape index (κ2) is 14.0. The van der Waals surface area contributed by atoms with Crippen LogP contribution in [0.3, 0.4) is 0 Å². The minimum Gasteiger partial charge on any atom is -0.493 e. The number of aryl methyl sites for hydroxylation is 1. The van der Waals surface area contributed by atoms with Crippen LogP contribution in [0.15, 0.2) is 72.8 Å². The van der Waals surface area contributed by atoms with Crippen LogP contribution in [0.1, 0.15) is 30.5 Å². The number of anilines is 1. The van der Waals surface area contributed by atoms with Gasteiger partial charge in [0.2, 0.25) is 21.8 Å². The number of carbonyl (C=O) groups is 2. The van der Waals surface area contributed by atoms with Crippen LogP contribution in [-0.2, 0) is 32.6 Å². The van der Waals surface area contributed by atoms with E-state index < -0.39 is 28.5 Å². The largest absolute Gasteiger partial charge is 0.493 e. The van der Waals surface area contributed by atoms with Gasteiger partial charge in [-0.2, -0.15) is 0 Å². The average Bonchev–Trinajstić information content (AvgIpc) is 2.93.